The third kappa shape index (κ3) is 5.83. The second-order valence-electron chi connectivity index (χ2n) is 6.25. The van der Waals surface area contributed by atoms with Gasteiger partial charge in [0, 0.05) is 29.3 Å². The molecule has 0 aliphatic carbocycles. The summed E-state index contributed by atoms with van der Waals surface area (Å²) >= 11 is 1.54. The molecule has 0 aliphatic heterocycles. The maximum Gasteiger partial charge on any atom is 0.251 e. The quantitative estimate of drug-likeness (QED) is 0.773. The molecule has 132 valence electrons. The van der Waals surface area contributed by atoms with Crippen LogP contribution in [0.15, 0.2) is 29.7 Å². The Labute approximate surface area is 152 Å². The minimum Gasteiger partial charge on any atom is -0.352 e. The molecule has 0 atom stereocenters. The van der Waals surface area contributed by atoms with Crippen molar-refractivity contribution in [3.05, 3.63) is 51.5 Å². The summed E-state index contributed by atoms with van der Waals surface area (Å²) in [6.45, 7) is 8.51. The number of thiazole rings is 1. The fourth-order valence-corrected chi connectivity index (χ4v) is 2.72. The van der Waals surface area contributed by atoms with E-state index in [2.05, 4.69) is 15.6 Å². The van der Waals surface area contributed by atoms with Crippen LogP contribution in [0.5, 0.6) is 0 Å². The molecule has 2 rings (SSSR count). The van der Waals surface area contributed by atoms with Crippen molar-refractivity contribution in [2.45, 2.75) is 27.7 Å². The second-order valence-corrected chi connectivity index (χ2v) is 7.31. The number of amides is 2. The number of benzene rings is 1. The summed E-state index contributed by atoms with van der Waals surface area (Å²) in [5.41, 5.74) is 2.88. The van der Waals surface area contributed by atoms with E-state index in [1.54, 1.807) is 35.6 Å². The Hall–Kier alpha value is -2.47. The fourth-order valence-electron chi connectivity index (χ4n) is 2.14. The monoisotopic (exact) mass is 357 g/mol. The van der Waals surface area contributed by atoms with Crippen molar-refractivity contribution in [2.75, 3.05) is 11.9 Å². The third-order valence-electron chi connectivity index (χ3n) is 3.46. The summed E-state index contributed by atoms with van der Waals surface area (Å²) in [6, 6.07) is 5.24. The van der Waals surface area contributed by atoms with Crippen LogP contribution in [-0.4, -0.2) is 23.3 Å². The Morgan fingerprint density at radius 1 is 1.28 bits per heavy atom. The predicted octanol–water partition coefficient (Wildman–Crippen LogP) is 3.80. The Morgan fingerprint density at radius 3 is 2.64 bits per heavy atom. The Morgan fingerprint density at radius 2 is 2.04 bits per heavy atom. The molecule has 5 nitrogen and oxygen atoms in total. The van der Waals surface area contributed by atoms with E-state index in [9.17, 15) is 9.59 Å². The first-order valence-electron chi connectivity index (χ1n) is 8.15. The van der Waals surface area contributed by atoms with Gasteiger partial charge in [-0.05, 0) is 49.6 Å². The van der Waals surface area contributed by atoms with E-state index < -0.39 is 0 Å². The minimum atomic E-state index is -0.231. The van der Waals surface area contributed by atoms with E-state index in [-0.39, 0.29) is 11.8 Å². The number of carbonyl (C=O) groups is 2. The molecular weight excluding hydrogens is 334 g/mol. The van der Waals surface area contributed by atoms with Crippen LogP contribution in [0.25, 0.3) is 6.08 Å². The highest BCUT2D eigenvalue weighted by Gasteiger charge is 2.09. The van der Waals surface area contributed by atoms with Gasteiger partial charge in [-0.25, -0.2) is 4.98 Å². The number of hydrogen-bond donors (Lipinski definition) is 2. The lowest BCUT2D eigenvalue weighted by Crippen LogP contribution is -2.27. The third-order valence-corrected chi connectivity index (χ3v) is 4.25. The number of anilines is 1. The zero-order valence-corrected chi connectivity index (χ0v) is 15.7. The van der Waals surface area contributed by atoms with Gasteiger partial charge in [-0.1, -0.05) is 13.8 Å². The summed E-state index contributed by atoms with van der Waals surface area (Å²) in [7, 11) is 0. The van der Waals surface area contributed by atoms with Crippen LogP contribution in [0.2, 0.25) is 0 Å². The van der Waals surface area contributed by atoms with Crippen LogP contribution in [-0.2, 0) is 4.79 Å². The van der Waals surface area contributed by atoms with Gasteiger partial charge < -0.3 is 10.6 Å². The van der Waals surface area contributed by atoms with Crippen molar-refractivity contribution in [1.29, 1.82) is 0 Å². The Balaban J connectivity index is 1.99. The van der Waals surface area contributed by atoms with Crippen molar-refractivity contribution in [2.24, 2.45) is 5.92 Å². The molecule has 0 spiro atoms. The highest BCUT2D eigenvalue weighted by molar-refractivity contribution is 7.09. The summed E-state index contributed by atoms with van der Waals surface area (Å²) in [5.74, 6) is 0.0659. The highest BCUT2D eigenvalue weighted by atomic mass is 32.1. The lowest BCUT2D eigenvalue weighted by Gasteiger charge is -2.10. The molecule has 0 saturated carbocycles. The largest absolute Gasteiger partial charge is 0.352 e. The summed E-state index contributed by atoms with van der Waals surface area (Å²) < 4.78 is 0. The standard InChI is InChI=1S/C19H23N3O2S/c1-12(2)10-20-19(24)15-5-7-17(13(3)9-15)22-18(23)8-6-16-11-25-14(4)21-16/h5-9,11-12H,10H2,1-4H3,(H,20,24)(H,22,23)/b8-6+. The highest BCUT2D eigenvalue weighted by Crippen LogP contribution is 2.17. The van der Waals surface area contributed by atoms with Gasteiger partial charge in [0.25, 0.3) is 5.91 Å². The van der Waals surface area contributed by atoms with Crippen LogP contribution in [0.1, 0.15) is 40.5 Å². The molecular formula is C19H23N3O2S. The average Bonchev–Trinajstić information content (AvgIpc) is 2.98. The number of carbonyl (C=O) groups excluding carboxylic acids is 2. The zero-order valence-electron chi connectivity index (χ0n) is 14.9. The van der Waals surface area contributed by atoms with E-state index in [1.165, 1.54) is 6.08 Å². The number of rotatable bonds is 6. The normalized spacial score (nSPS) is 11.1. The molecule has 2 N–H and O–H groups in total. The molecule has 0 bridgehead atoms. The lowest BCUT2D eigenvalue weighted by atomic mass is 10.1. The van der Waals surface area contributed by atoms with Gasteiger partial charge in [-0.15, -0.1) is 11.3 Å². The van der Waals surface area contributed by atoms with Crippen molar-refractivity contribution in [3.8, 4) is 0 Å². The number of aromatic nitrogens is 1. The first-order valence-corrected chi connectivity index (χ1v) is 9.03. The zero-order chi connectivity index (χ0) is 18.4. The molecule has 2 amide bonds. The number of aryl methyl sites for hydroxylation is 2. The molecule has 0 aliphatic rings. The van der Waals surface area contributed by atoms with E-state index in [0.717, 1.165) is 16.3 Å². The molecule has 1 heterocycles. The SMILES string of the molecule is Cc1nc(/C=C/C(=O)Nc2ccc(C(=O)NCC(C)C)cc2C)cs1. The Kier molecular flexibility index (Phi) is 6.47. The molecule has 2 aromatic rings. The number of nitrogens with one attached hydrogen (secondary N) is 2. The van der Waals surface area contributed by atoms with Gasteiger partial charge in [-0.3, -0.25) is 9.59 Å². The molecule has 0 unspecified atom stereocenters. The molecule has 0 fully saturated rings. The van der Waals surface area contributed by atoms with Crippen LogP contribution in [0.4, 0.5) is 5.69 Å². The topological polar surface area (TPSA) is 71.1 Å². The average molecular weight is 357 g/mol. The smallest absolute Gasteiger partial charge is 0.251 e. The molecule has 1 aromatic carbocycles. The first kappa shape index (κ1) is 18.9. The molecule has 1 aromatic heterocycles. The molecule has 0 saturated heterocycles. The predicted molar refractivity (Wildman–Crippen MR) is 103 cm³/mol. The summed E-state index contributed by atoms with van der Waals surface area (Å²) in [6.07, 6.45) is 3.14. The maximum absolute atomic E-state index is 12.1. The van der Waals surface area contributed by atoms with E-state index in [1.807, 2.05) is 33.1 Å². The number of nitrogens with zero attached hydrogens (tertiary/aromatic N) is 1. The maximum atomic E-state index is 12.1. The lowest BCUT2D eigenvalue weighted by molar-refractivity contribution is -0.111. The molecule has 25 heavy (non-hydrogen) atoms. The van der Waals surface area contributed by atoms with Gasteiger partial charge in [0.2, 0.25) is 5.91 Å². The van der Waals surface area contributed by atoms with Gasteiger partial charge in [0.1, 0.15) is 0 Å². The van der Waals surface area contributed by atoms with Crippen molar-refractivity contribution in [3.63, 3.8) is 0 Å². The molecule has 0 radical (unpaired) electrons. The van der Waals surface area contributed by atoms with Crippen LogP contribution >= 0.6 is 11.3 Å². The van der Waals surface area contributed by atoms with Gasteiger partial charge in [0.05, 0.1) is 10.7 Å². The minimum absolute atomic E-state index is 0.103. The number of hydrogen-bond acceptors (Lipinski definition) is 4. The van der Waals surface area contributed by atoms with Crippen molar-refractivity contribution in [1.82, 2.24) is 10.3 Å². The van der Waals surface area contributed by atoms with Crippen LogP contribution < -0.4 is 10.6 Å². The van der Waals surface area contributed by atoms with E-state index in [4.69, 9.17) is 0 Å². The second kappa shape index (κ2) is 8.58. The van der Waals surface area contributed by atoms with Crippen LogP contribution in [0, 0.1) is 19.8 Å². The van der Waals surface area contributed by atoms with Gasteiger partial charge in [-0.2, -0.15) is 0 Å². The van der Waals surface area contributed by atoms with Gasteiger partial charge in [0.15, 0.2) is 0 Å². The van der Waals surface area contributed by atoms with Crippen molar-refractivity contribution >= 4 is 34.9 Å². The fraction of sp³-hybridized carbons (Fsp3) is 0.316. The van der Waals surface area contributed by atoms with Gasteiger partial charge >= 0.3 is 0 Å². The summed E-state index contributed by atoms with van der Waals surface area (Å²) in [4.78, 5) is 28.4. The van der Waals surface area contributed by atoms with E-state index >= 15 is 0 Å². The van der Waals surface area contributed by atoms with Crippen molar-refractivity contribution < 1.29 is 9.59 Å². The van der Waals surface area contributed by atoms with Crippen LogP contribution in [0.3, 0.4) is 0 Å². The molecule has 6 heteroatoms. The summed E-state index contributed by atoms with van der Waals surface area (Å²) in [5, 5.41) is 8.56. The Bertz CT molecular complexity index is 794. The van der Waals surface area contributed by atoms with E-state index in [0.29, 0.717) is 23.7 Å². The first-order chi connectivity index (χ1) is 11.8.